The first-order valence-corrected chi connectivity index (χ1v) is 20.6. The predicted molar refractivity (Wildman–Crippen MR) is 205 cm³/mol. The number of carbonyl (C=O) groups is 2. The van der Waals surface area contributed by atoms with Crippen molar-refractivity contribution in [2.45, 2.75) is 105 Å². The Hall–Kier alpha value is -4.37. The van der Waals surface area contributed by atoms with Crippen LogP contribution >= 0.6 is 11.6 Å². The number of benzene rings is 4. The van der Waals surface area contributed by atoms with E-state index < -0.39 is 34.3 Å². The van der Waals surface area contributed by atoms with Crippen LogP contribution in [0.1, 0.15) is 57.8 Å². The van der Waals surface area contributed by atoms with Gasteiger partial charge in [0.15, 0.2) is 0 Å². The fourth-order valence-electron chi connectivity index (χ4n) is 8.47. The summed E-state index contributed by atoms with van der Waals surface area (Å²) in [5.41, 5.74) is 8.11. The molecule has 4 aliphatic rings. The number of piperidine rings is 1. The van der Waals surface area contributed by atoms with Gasteiger partial charge in [-0.2, -0.15) is 17.5 Å². The number of halogens is 4. The molecule has 4 aromatic rings. The number of carboxylic acid groups (broad SMARTS) is 1. The molecule has 0 aromatic heterocycles. The van der Waals surface area contributed by atoms with Gasteiger partial charge in [0.1, 0.15) is 23.6 Å². The van der Waals surface area contributed by atoms with E-state index in [1.807, 2.05) is 65.6 Å². The third-order valence-electron chi connectivity index (χ3n) is 11.1. The Labute approximate surface area is 328 Å². The lowest BCUT2D eigenvalue weighted by Crippen LogP contribution is -2.55. The van der Waals surface area contributed by atoms with Crippen molar-refractivity contribution in [2.24, 2.45) is 5.73 Å². The third kappa shape index (κ3) is 8.63. The Kier molecular flexibility index (Phi) is 11.6. The van der Waals surface area contributed by atoms with Crippen molar-refractivity contribution < 1.29 is 45.8 Å². The summed E-state index contributed by atoms with van der Waals surface area (Å²) in [5, 5.41) is 9.42. The topological polar surface area (TPSA) is 139 Å². The molecule has 4 atom stereocenters. The van der Waals surface area contributed by atoms with Crippen LogP contribution in [0, 0.1) is 0 Å². The number of amides is 1. The molecular weight excluding hydrogens is 771 g/mol. The van der Waals surface area contributed by atoms with Crippen molar-refractivity contribution in [1.82, 2.24) is 9.21 Å². The molecule has 4 aromatic carbocycles. The highest BCUT2D eigenvalue weighted by atomic mass is 35.5. The predicted octanol–water partition coefficient (Wildman–Crippen LogP) is 7.81. The van der Waals surface area contributed by atoms with Gasteiger partial charge in [-0.25, -0.2) is 13.2 Å². The Balaban J connectivity index is 0.000000629. The molecule has 3 heterocycles. The van der Waals surface area contributed by atoms with Gasteiger partial charge < -0.3 is 25.2 Å². The van der Waals surface area contributed by atoms with Gasteiger partial charge in [-0.3, -0.25) is 4.79 Å². The lowest BCUT2D eigenvalue weighted by molar-refractivity contribution is -0.192. The second kappa shape index (κ2) is 16.2. The normalized spacial score (nSPS) is 24.2. The van der Waals surface area contributed by atoms with Crippen LogP contribution in [0.25, 0.3) is 21.9 Å². The van der Waals surface area contributed by atoms with Gasteiger partial charge >= 0.3 is 12.1 Å². The van der Waals surface area contributed by atoms with Crippen LogP contribution in [0.15, 0.2) is 89.8 Å². The first-order valence-electron chi connectivity index (χ1n) is 18.8. The molecule has 15 heteroatoms. The van der Waals surface area contributed by atoms with Gasteiger partial charge in [0.2, 0.25) is 15.9 Å². The molecule has 3 aliphatic heterocycles. The van der Waals surface area contributed by atoms with Crippen molar-refractivity contribution >= 4 is 44.3 Å². The number of sulfonamides is 1. The Morgan fingerprint density at radius 2 is 1.38 bits per heavy atom. The second-order valence-corrected chi connectivity index (χ2v) is 17.2. The minimum absolute atomic E-state index is 0.0387. The fourth-order valence-corrected chi connectivity index (χ4v) is 10.4. The van der Waals surface area contributed by atoms with E-state index >= 15 is 0 Å². The summed E-state index contributed by atoms with van der Waals surface area (Å²) >= 11 is 6.57. The molecule has 1 aliphatic carbocycles. The monoisotopic (exact) mass is 813 g/mol. The van der Waals surface area contributed by atoms with Gasteiger partial charge in [-0.15, -0.1) is 0 Å². The van der Waals surface area contributed by atoms with Crippen molar-refractivity contribution in [2.75, 3.05) is 6.54 Å². The maximum absolute atomic E-state index is 14.5. The standard InChI is InChI=1S/C39H42ClN3O5S.C2HF3O2/c40-37-17-15-33(22-36(37)25-6-2-1-3-7-25)48-34-23-38(39(44)43-29-12-13-30(43)21-28(41)20-29)42(24-34)49(45,46)35-16-11-26-18-32(14-10-27(26)19-35)47-31-8-4-5-9-31;3-2(4,5)1(6)7/h1-3,6-7,10-11,14-19,22,28-31,34,38H,4-5,8-9,12-13,20-21,23-24,41H2;(H,6,7)/t28?,29?,30?,34-,38-;/m0./s1. The van der Waals surface area contributed by atoms with E-state index in [0.717, 1.165) is 66.2 Å². The van der Waals surface area contributed by atoms with E-state index in [-0.39, 0.29) is 48.0 Å². The van der Waals surface area contributed by atoms with E-state index in [9.17, 15) is 26.4 Å². The molecule has 298 valence electrons. The number of carbonyl (C=O) groups excluding carboxylic acids is 1. The van der Waals surface area contributed by atoms with Crippen molar-refractivity contribution in [3.05, 3.63) is 90.0 Å². The number of rotatable bonds is 8. The molecule has 56 heavy (non-hydrogen) atoms. The SMILES string of the molecule is NC1CC2CCC(C1)N2C(=O)[C@@H]1C[C@H](Oc2ccc(Cl)c(-c3ccccc3)c2)CN1S(=O)(=O)c1ccc2cc(OC3CCCC3)ccc2c1.O=C(O)C(F)(F)F. The zero-order valence-corrected chi connectivity index (χ0v) is 32.0. The van der Waals surface area contributed by atoms with Crippen molar-refractivity contribution in [3.8, 4) is 22.6 Å². The lowest BCUT2D eigenvalue weighted by Gasteiger charge is -2.40. The largest absolute Gasteiger partial charge is 0.490 e. The Morgan fingerprint density at radius 1 is 0.786 bits per heavy atom. The molecule has 8 rings (SSSR count). The number of hydrogen-bond donors (Lipinski definition) is 2. The van der Waals surface area contributed by atoms with Crippen molar-refractivity contribution in [3.63, 3.8) is 0 Å². The third-order valence-corrected chi connectivity index (χ3v) is 13.3. The summed E-state index contributed by atoms with van der Waals surface area (Å²) in [4.78, 5) is 25.4. The molecule has 1 amide bonds. The van der Waals surface area contributed by atoms with E-state index in [4.69, 9.17) is 36.7 Å². The molecule has 2 unspecified atom stereocenters. The second-order valence-electron chi connectivity index (χ2n) is 14.9. The number of fused-ring (bicyclic) bond motifs is 3. The molecule has 10 nitrogen and oxygen atoms in total. The minimum atomic E-state index is -5.08. The molecule has 4 fully saturated rings. The zero-order valence-electron chi connectivity index (χ0n) is 30.4. The summed E-state index contributed by atoms with van der Waals surface area (Å²) in [7, 11) is -4.07. The summed E-state index contributed by atoms with van der Waals surface area (Å²) in [6.45, 7) is 0.0525. The lowest BCUT2D eigenvalue weighted by atomic mass is 9.97. The summed E-state index contributed by atoms with van der Waals surface area (Å²) in [6, 6.07) is 25.5. The summed E-state index contributed by atoms with van der Waals surface area (Å²) in [6.07, 6.45) is 2.65. The highest BCUT2D eigenvalue weighted by molar-refractivity contribution is 7.89. The van der Waals surface area contributed by atoms with Crippen LogP contribution in [0.3, 0.4) is 0 Å². The number of ether oxygens (including phenoxy) is 2. The van der Waals surface area contributed by atoms with E-state index in [2.05, 4.69) is 0 Å². The zero-order chi connectivity index (χ0) is 39.8. The van der Waals surface area contributed by atoms with Crippen LogP contribution in [0.2, 0.25) is 5.02 Å². The number of carboxylic acids is 1. The van der Waals surface area contributed by atoms with Crippen LogP contribution in [0.4, 0.5) is 13.2 Å². The number of aliphatic carboxylic acids is 1. The van der Waals surface area contributed by atoms with Crippen LogP contribution in [-0.2, 0) is 19.6 Å². The molecule has 3 N–H and O–H groups in total. The van der Waals surface area contributed by atoms with Crippen LogP contribution in [0.5, 0.6) is 11.5 Å². The quantitative estimate of drug-likeness (QED) is 0.184. The average Bonchev–Trinajstić information content (AvgIpc) is 3.91. The van der Waals surface area contributed by atoms with Gasteiger partial charge in [-0.1, -0.05) is 54.1 Å². The number of nitrogens with zero attached hydrogens (tertiary/aromatic N) is 2. The number of alkyl halides is 3. The van der Waals surface area contributed by atoms with Gasteiger partial charge in [0.05, 0.1) is 17.5 Å². The molecular formula is C41H43ClF3N3O7S. The maximum atomic E-state index is 14.5. The first kappa shape index (κ1) is 39.8. The van der Waals surface area contributed by atoms with Gasteiger partial charge in [0, 0.05) is 35.1 Å². The first-order chi connectivity index (χ1) is 26.7. The van der Waals surface area contributed by atoms with E-state index in [0.29, 0.717) is 10.8 Å². The van der Waals surface area contributed by atoms with E-state index in [1.54, 1.807) is 24.3 Å². The molecule has 3 saturated heterocycles. The smallest absolute Gasteiger partial charge is 0.490 e. The summed E-state index contributed by atoms with van der Waals surface area (Å²) in [5.74, 6) is -1.53. The molecule has 0 radical (unpaired) electrons. The van der Waals surface area contributed by atoms with E-state index in [1.165, 1.54) is 17.1 Å². The van der Waals surface area contributed by atoms with Crippen LogP contribution < -0.4 is 15.2 Å². The Morgan fingerprint density at radius 3 is 2.04 bits per heavy atom. The number of hydrogen-bond acceptors (Lipinski definition) is 7. The minimum Gasteiger partial charge on any atom is -0.490 e. The highest BCUT2D eigenvalue weighted by Gasteiger charge is 2.51. The fraction of sp³-hybridized carbons (Fsp3) is 0.415. The maximum Gasteiger partial charge on any atom is 0.490 e. The number of nitrogens with two attached hydrogens (primary N) is 1. The molecule has 2 bridgehead atoms. The van der Waals surface area contributed by atoms with Crippen molar-refractivity contribution in [1.29, 1.82) is 0 Å². The van der Waals surface area contributed by atoms with Gasteiger partial charge in [0.25, 0.3) is 0 Å². The molecule has 0 spiro atoms. The Bertz CT molecular complexity index is 2170. The summed E-state index contributed by atoms with van der Waals surface area (Å²) < 4.78 is 74.8. The highest BCUT2D eigenvalue weighted by Crippen LogP contribution is 2.40. The van der Waals surface area contributed by atoms with Crippen LogP contribution in [-0.4, -0.2) is 83.7 Å². The van der Waals surface area contributed by atoms with Gasteiger partial charge in [-0.05, 0) is 110 Å². The molecule has 1 saturated carbocycles. The average molecular weight is 814 g/mol.